The Balaban J connectivity index is 2.50. The molecule has 0 bridgehead atoms. The molecular formula is C13H16N2O3. The van der Waals surface area contributed by atoms with Crippen molar-refractivity contribution in [1.29, 1.82) is 0 Å². The summed E-state index contributed by atoms with van der Waals surface area (Å²) in [5.74, 6) is -0.145. The zero-order valence-electron chi connectivity index (χ0n) is 10.2. The largest absolute Gasteiger partial charge is 0.494 e. The van der Waals surface area contributed by atoms with E-state index in [2.05, 4.69) is 5.32 Å². The molecule has 0 spiro atoms. The van der Waals surface area contributed by atoms with Gasteiger partial charge in [0.1, 0.15) is 5.75 Å². The predicted molar refractivity (Wildman–Crippen MR) is 68.8 cm³/mol. The standard InChI is InChI=1S/C13H16N2O3/c1-2-18-11-6-3-10(4-7-11)5-8-13(17)15-9-12(14)16/h3-8H,2,9H2,1H3,(H2,14,16)(H,15,17). The van der Waals surface area contributed by atoms with Gasteiger partial charge in [-0.15, -0.1) is 0 Å². The van der Waals surface area contributed by atoms with Crippen molar-refractivity contribution in [2.45, 2.75) is 6.92 Å². The van der Waals surface area contributed by atoms with E-state index in [0.717, 1.165) is 11.3 Å². The molecule has 3 N–H and O–H groups in total. The first kappa shape index (κ1) is 13.8. The number of benzene rings is 1. The summed E-state index contributed by atoms with van der Waals surface area (Å²) in [6.07, 6.45) is 2.99. The molecule has 1 aromatic rings. The van der Waals surface area contributed by atoms with Gasteiger partial charge >= 0.3 is 0 Å². The number of rotatable bonds is 6. The van der Waals surface area contributed by atoms with Crippen molar-refractivity contribution in [3.05, 3.63) is 35.9 Å². The molecule has 5 heteroatoms. The molecule has 0 unspecified atom stereocenters. The first-order valence-corrected chi connectivity index (χ1v) is 5.59. The Bertz CT molecular complexity index is 438. The van der Waals surface area contributed by atoms with Crippen LogP contribution in [0.4, 0.5) is 0 Å². The van der Waals surface area contributed by atoms with E-state index in [0.29, 0.717) is 6.61 Å². The van der Waals surface area contributed by atoms with E-state index in [1.165, 1.54) is 6.08 Å². The molecule has 1 aromatic carbocycles. The van der Waals surface area contributed by atoms with E-state index in [4.69, 9.17) is 10.5 Å². The van der Waals surface area contributed by atoms with E-state index >= 15 is 0 Å². The van der Waals surface area contributed by atoms with E-state index in [1.54, 1.807) is 6.08 Å². The highest BCUT2D eigenvalue weighted by molar-refractivity contribution is 5.94. The molecule has 0 fully saturated rings. The molecule has 0 atom stereocenters. The van der Waals surface area contributed by atoms with Gasteiger partial charge in [0.25, 0.3) is 0 Å². The smallest absolute Gasteiger partial charge is 0.244 e. The minimum Gasteiger partial charge on any atom is -0.494 e. The van der Waals surface area contributed by atoms with Gasteiger partial charge in [-0.3, -0.25) is 9.59 Å². The SMILES string of the molecule is CCOc1ccc(C=CC(=O)NCC(N)=O)cc1. The van der Waals surface area contributed by atoms with Crippen molar-refractivity contribution in [3.63, 3.8) is 0 Å². The number of hydrogen-bond donors (Lipinski definition) is 2. The molecule has 0 radical (unpaired) electrons. The average molecular weight is 248 g/mol. The van der Waals surface area contributed by atoms with Crippen molar-refractivity contribution in [2.24, 2.45) is 5.73 Å². The highest BCUT2D eigenvalue weighted by Crippen LogP contribution is 2.12. The van der Waals surface area contributed by atoms with Crippen molar-refractivity contribution in [3.8, 4) is 5.75 Å². The highest BCUT2D eigenvalue weighted by atomic mass is 16.5. The van der Waals surface area contributed by atoms with Crippen molar-refractivity contribution < 1.29 is 14.3 Å². The van der Waals surface area contributed by atoms with Crippen LogP contribution in [0.5, 0.6) is 5.75 Å². The van der Waals surface area contributed by atoms with Gasteiger partial charge in [0.2, 0.25) is 11.8 Å². The Morgan fingerprint density at radius 3 is 2.56 bits per heavy atom. The Morgan fingerprint density at radius 1 is 1.33 bits per heavy atom. The summed E-state index contributed by atoms with van der Waals surface area (Å²) < 4.78 is 5.30. The molecule has 0 aromatic heterocycles. The second-order valence-electron chi connectivity index (χ2n) is 3.52. The molecular weight excluding hydrogens is 232 g/mol. The minimum atomic E-state index is -0.571. The molecule has 5 nitrogen and oxygen atoms in total. The number of carbonyl (C=O) groups excluding carboxylic acids is 2. The van der Waals surface area contributed by atoms with Crippen LogP contribution >= 0.6 is 0 Å². The summed E-state index contributed by atoms with van der Waals surface area (Å²) in [6.45, 7) is 2.37. The maximum Gasteiger partial charge on any atom is 0.244 e. The number of nitrogens with two attached hydrogens (primary N) is 1. The minimum absolute atomic E-state index is 0.160. The van der Waals surface area contributed by atoms with Crippen LogP contribution in [0.2, 0.25) is 0 Å². The van der Waals surface area contributed by atoms with Gasteiger partial charge < -0.3 is 15.8 Å². The maximum atomic E-state index is 11.3. The summed E-state index contributed by atoms with van der Waals surface area (Å²) in [5.41, 5.74) is 5.77. The molecule has 96 valence electrons. The van der Waals surface area contributed by atoms with Crippen LogP contribution in [0.25, 0.3) is 6.08 Å². The molecule has 0 saturated heterocycles. The summed E-state index contributed by atoms with van der Waals surface area (Å²) in [4.78, 5) is 21.7. The van der Waals surface area contributed by atoms with Gasteiger partial charge in [-0.2, -0.15) is 0 Å². The summed E-state index contributed by atoms with van der Waals surface area (Å²) >= 11 is 0. The first-order chi connectivity index (χ1) is 8.61. The Labute approximate surface area is 106 Å². The summed E-state index contributed by atoms with van der Waals surface area (Å²) in [5, 5.41) is 2.36. The van der Waals surface area contributed by atoms with Crippen LogP contribution in [0, 0.1) is 0 Å². The number of ether oxygens (including phenoxy) is 1. The van der Waals surface area contributed by atoms with E-state index in [9.17, 15) is 9.59 Å². The number of amides is 2. The number of hydrogen-bond acceptors (Lipinski definition) is 3. The topological polar surface area (TPSA) is 81.4 Å². The van der Waals surface area contributed by atoms with Crippen molar-refractivity contribution in [1.82, 2.24) is 5.32 Å². The molecule has 0 aliphatic heterocycles. The lowest BCUT2D eigenvalue weighted by molar-refractivity contribution is -0.122. The van der Waals surface area contributed by atoms with E-state index < -0.39 is 5.91 Å². The molecule has 0 heterocycles. The first-order valence-electron chi connectivity index (χ1n) is 5.59. The van der Waals surface area contributed by atoms with Crippen LogP contribution in [-0.2, 0) is 9.59 Å². The summed E-state index contributed by atoms with van der Waals surface area (Å²) in [7, 11) is 0. The van der Waals surface area contributed by atoms with Crippen molar-refractivity contribution in [2.75, 3.05) is 13.2 Å². The Hall–Kier alpha value is -2.30. The van der Waals surface area contributed by atoms with Crippen molar-refractivity contribution >= 4 is 17.9 Å². The Morgan fingerprint density at radius 2 is 2.00 bits per heavy atom. The Kier molecular flexibility index (Phi) is 5.44. The third-order valence-corrected chi connectivity index (χ3v) is 2.06. The lowest BCUT2D eigenvalue weighted by Crippen LogP contribution is -2.32. The lowest BCUT2D eigenvalue weighted by atomic mass is 10.2. The monoisotopic (exact) mass is 248 g/mol. The van der Waals surface area contributed by atoms with Gasteiger partial charge in [-0.1, -0.05) is 12.1 Å². The van der Waals surface area contributed by atoms with Crippen LogP contribution in [-0.4, -0.2) is 25.0 Å². The predicted octanol–water partition coefficient (Wildman–Crippen LogP) is 0.700. The fourth-order valence-corrected chi connectivity index (χ4v) is 1.25. The molecule has 0 saturated carbocycles. The van der Waals surface area contributed by atoms with Gasteiger partial charge in [0.15, 0.2) is 0 Å². The van der Waals surface area contributed by atoms with E-state index in [1.807, 2.05) is 31.2 Å². The molecule has 18 heavy (non-hydrogen) atoms. The fourth-order valence-electron chi connectivity index (χ4n) is 1.25. The molecule has 0 aliphatic carbocycles. The van der Waals surface area contributed by atoms with Gasteiger partial charge in [0.05, 0.1) is 13.2 Å². The van der Waals surface area contributed by atoms with E-state index in [-0.39, 0.29) is 12.5 Å². The zero-order valence-corrected chi connectivity index (χ0v) is 10.2. The van der Waals surface area contributed by atoms with Gasteiger partial charge in [0, 0.05) is 6.08 Å². The number of carbonyl (C=O) groups is 2. The quantitative estimate of drug-likeness (QED) is 0.727. The van der Waals surface area contributed by atoms with Crippen LogP contribution in [0.3, 0.4) is 0 Å². The second kappa shape index (κ2) is 7.11. The molecule has 0 aliphatic rings. The number of nitrogens with one attached hydrogen (secondary N) is 1. The highest BCUT2D eigenvalue weighted by Gasteiger charge is 1.97. The van der Waals surface area contributed by atoms with Gasteiger partial charge in [-0.25, -0.2) is 0 Å². The zero-order chi connectivity index (χ0) is 13.4. The third-order valence-electron chi connectivity index (χ3n) is 2.06. The fraction of sp³-hybridized carbons (Fsp3) is 0.231. The van der Waals surface area contributed by atoms with Crippen LogP contribution < -0.4 is 15.8 Å². The van der Waals surface area contributed by atoms with Gasteiger partial charge in [-0.05, 0) is 30.7 Å². The van der Waals surface area contributed by atoms with Crippen LogP contribution in [0.1, 0.15) is 12.5 Å². The second-order valence-corrected chi connectivity index (χ2v) is 3.52. The average Bonchev–Trinajstić information content (AvgIpc) is 2.36. The molecule has 2 amide bonds. The number of primary amides is 1. The third kappa shape index (κ3) is 5.16. The summed E-state index contributed by atoms with van der Waals surface area (Å²) in [6, 6.07) is 7.32. The van der Waals surface area contributed by atoms with Crippen LogP contribution in [0.15, 0.2) is 30.3 Å². The molecule has 1 rings (SSSR count). The lowest BCUT2D eigenvalue weighted by Gasteiger charge is -2.02. The normalized spacial score (nSPS) is 10.3. The maximum absolute atomic E-state index is 11.3.